The lowest BCUT2D eigenvalue weighted by Crippen LogP contribution is -2.47. The number of fused-ring (bicyclic) bond motifs is 1. The standard InChI is InChI=1S/C48H63ClN6O4S3/c1-7-11-37(32-60-39-12-9-8-10-13-39)52-43-19-18-40(28-45(43)61(56,57)47(2,3)4)62(58,59)53-46-41-23-27-55(31-44(41)50-33-51-46)38-21-25-54(26-22-38)30-35-20-24-48(5,6)29-42(35)34-14-16-36(49)17-15-34/h8-10,12-19,28,33,37-38,52H,7,11,20-27,29-32H2,1-6H3,(H,50,51,53). The first kappa shape index (κ1) is 46.5. The van der Waals surface area contributed by atoms with E-state index in [1.807, 2.05) is 30.3 Å². The number of likely N-dealkylation sites (tertiary alicyclic amines) is 1. The number of aromatic nitrogens is 2. The van der Waals surface area contributed by atoms with Crippen molar-refractivity contribution in [2.75, 3.05) is 42.0 Å². The Morgan fingerprint density at radius 1 is 0.935 bits per heavy atom. The van der Waals surface area contributed by atoms with Crippen LogP contribution in [-0.2, 0) is 32.8 Å². The second kappa shape index (κ2) is 19.3. The van der Waals surface area contributed by atoms with Gasteiger partial charge >= 0.3 is 0 Å². The lowest BCUT2D eigenvalue weighted by Gasteiger charge is -2.41. The number of halogens is 1. The van der Waals surface area contributed by atoms with E-state index in [1.54, 1.807) is 44.2 Å². The van der Waals surface area contributed by atoms with Crippen molar-refractivity contribution in [1.29, 1.82) is 0 Å². The number of thioether (sulfide) groups is 1. The minimum atomic E-state index is -4.22. The van der Waals surface area contributed by atoms with Crippen molar-refractivity contribution in [3.05, 3.63) is 107 Å². The number of hydrogen-bond acceptors (Lipinski definition) is 10. The van der Waals surface area contributed by atoms with E-state index in [4.69, 9.17) is 11.6 Å². The molecular weight excluding hydrogens is 856 g/mol. The molecule has 7 rings (SSSR count). The van der Waals surface area contributed by atoms with Gasteiger partial charge in [0.15, 0.2) is 9.84 Å². The fraction of sp³-hybridized carbons (Fsp3) is 0.500. The van der Waals surface area contributed by atoms with E-state index >= 15 is 0 Å². The van der Waals surface area contributed by atoms with E-state index in [-0.39, 0.29) is 27.1 Å². The summed E-state index contributed by atoms with van der Waals surface area (Å²) in [7, 11) is -8.18. The largest absolute Gasteiger partial charge is 0.380 e. The van der Waals surface area contributed by atoms with Crippen LogP contribution in [0.1, 0.15) is 103 Å². The van der Waals surface area contributed by atoms with Crippen LogP contribution in [-0.4, -0.2) is 85.4 Å². The number of allylic oxidation sites excluding steroid dienone is 1. The van der Waals surface area contributed by atoms with Crippen molar-refractivity contribution in [1.82, 2.24) is 19.8 Å². The lowest BCUT2D eigenvalue weighted by atomic mass is 9.72. The molecule has 0 saturated carbocycles. The number of benzene rings is 3. The summed E-state index contributed by atoms with van der Waals surface area (Å²) >= 11 is 7.95. The van der Waals surface area contributed by atoms with Crippen molar-refractivity contribution in [3.63, 3.8) is 0 Å². The molecule has 3 aromatic carbocycles. The molecule has 1 atom stereocenters. The van der Waals surface area contributed by atoms with Gasteiger partial charge in [0, 0.05) is 53.0 Å². The molecule has 14 heteroatoms. The van der Waals surface area contributed by atoms with Crippen LogP contribution in [0.2, 0.25) is 5.02 Å². The van der Waals surface area contributed by atoms with Crippen molar-refractivity contribution in [2.45, 2.75) is 131 Å². The van der Waals surface area contributed by atoms with Gasteiger partial charge in [-0.05, 0) is 138 Å². The number of piperidine rings is 1. The van der Waals surface area contributed by atoms with E-state index in [0.29, 0.717) is 30.4 Å². The highest BCUT2D eigenvalue weighted by Gasteiger charge is 2.36. The highest BCUT2D eigenvalue weighted by Crippen LogP contribution is 2.44. The molecule has 1 saturated heterocycles. The maximum absolute atomic E-state index is 14.1. The van der Waals surface area contributed by atoms with Gasteiger partial charge in [0.2, 0.25) is 0 Å². The molecule has 2 aliphatic heterocycles. The smallest absolute Gasteiger partial charge is 0.263 e. The first-order valence-electron chi connectivity index (χ1n) is 22.0. The van der Waals surface area contributed by atoms with Gasteiger partial charge in [0.05, 0.1) is 25.9 Å². The van der Waals surface area contributed by atoms with E-state index in [2.05, 4.69) is 74.8 Å². The van der Waals surface area contributed by atoms with Crippen LogP contribution < -0.4 is 10.0 Å². The van der Waals surface area contributed by atoms with Gasteiger partial charge in [-0.3, -0.25) is 14.5 Å². The van der Waals surface area contributed by atoms with Crippen LogP contribution in [0.5, 0.6) is 0 Å². The zero-order valence-corrected chi connectivity index (χ0v) is 40.3. The summed E-state index contributed by atoms with van der Waals surface area (Å²) in [6, 6.07) is 23.2. The van der Waals surface area contributed by atoms with Gasteiger partial charge < -0.3 is 5.32 Å². The third kappa shape index (κ3) is 11.1. The molecule has 1 aliphatic carbocycles. The number of hydrogen-bond donors (Lipinski definition) is 2. The number of sulfone groups is 1. The number of rotatable bonds is 15. The summed E-state index contributed by atoms with van der Waals surface area (Å²) in [6.45, 7) is 16.2. The van der Waals surface area contributed by atoms with E-state index < -0.39 is 24.6 Å². The minimum Gasteiger partial charge on any atom is -0.380 e. The lowest BCUT2D eigenvalue weighted by molar-refractivity contribution is 0.100. The summed E-state index contributed by atoms with van der Waals surface area (Å²) < 4.78 is 58.0. The Hall–Kier alpha value is -3.46. The van der Waals surface area contributed by atoms with Gasteiger partial charge in [-0.15, -0.1) is 11.8 Å². The highest BCUT2D eigenvalue weighted by atomic mass is 35.5. The van der Waals surface area contributed by atoms with Gasteiger partial charge in [-0.25, -0.2) is 26.8 Å². The summed E-state index contributed by atoms with van der Waals surface area (Å²) in [6.07, 6.45) is 9.25. The summed E-state index contributed by atoms with van der Waals surface area (Å²) in [5.41, 5.74) is 6.60. The Labute approximate surface area is 379 Å². The van der Waals surface area contributed by atoms with E-state index in [1.165, 1.54) is 36.0 Å². The molecule has 10 nitrogen and oxygen atoms in total. The van der Waals surface area contributed by atoms with Gasteiger partial charge in [-0.1, -0.05) is 74.7 Å². The number of anilines is 2. The molecule has 0 amide bonds. The highest BCUT2D eigenvalue weighted by molar-refractivity contribution is 7.99. The topological polar surface area (TPSA) is 125 Å². The third-order valence-corrected chi connectivity index (χ3v) is 18.0. The maximum Gasteiger partial charge on any atom is 0.263 e. The molecule has 1 fully saturated rings. The normalized spacial score (nSPS) is 18.6. The molecule has 334 valence electrons. The Balaban J connectivity index is 1.03. The van der Waals surface area contributed by atoms with Crippen molar-refractivity contribution in [2.24, 2.45) is 5.41 Å². The molecule has 1 aromatic heterocycles. The Bertz CT molecular complexity index is 2450. The second-order valence-electron chi connectivity index (χ2n) is 18.9. The summed E-state index contributed by atoms with van der Waals surface area (Å²) in [5.74, 6) is 0.960. The van der Waals surface area contributed by atoms with Crippen LogP contribution in [0.15, 0.2) is 99.4 Å². The number of nitrogens with zero attached hydrogens (tertiary/aromatic N) is 4. The van der Waals surface area contributed by atoms with Crippen LogP contribution in [0.4, 0.5) is 11.5 Å². The zero-order valence-electron chi connectivity index (χ0n) is 37.1. The van der Waals surface area contributed by atoms with Crippen LogP contribution in [0.3, 0.4) is 0 Å². The molecule has 1 unspecified atom stereocenters. The Kier molecular flexibility index (Phi) is 14.5. The zero-order chi connectivity index (χ0) is 44.3. The van der Waals surface area contributed by atoms with E-state index in [9.17, 15) is 16.8 Å². The average Bonchev–Trinajstić information content (AvgIpc) is 3.24. The van der Waals surface area contributed by atoms with Gasteiger partial charge in [-0.2, -0.15) is 0 Å². The molecule has 2 N–H and O–H groups in total. The molecule has 3 heterocycles. The van der Waals surface area contributed by atoms with Gasteiger partial charge in [0.1, 0.15) is 12.1 Å². The van der Waals surface area contributed by atoms with E-state index in [0.717, 1.165) is 85.9 Å². The van der Waals surface area contributed by atoms with Crippen LogP contribution in [0.25, 0.3) is 5.57 Å². The molecule has 3 aliphatic rings. The number of nitrogens with one attached hydrogen (secondary N) is 2. The monoisotopic (exact) mass is 918 g/mol. The van der Waals surface area contributed by atoms with Crippen molar-refractivity contribution >= 4 is 60.3 Å². The first-order valence-corrected chi connectivity index (χ1v) is 26.4. The predicted molar refractivity (Wildman–Crippen MR) is 255 cm³/mol. The molecule has 4 aromatic rings. The Morgan fingerprint density at radius 3 is 2.35 bits per heavy atom. The molecule has 62 heavy (non-hydrogen) atoms. The SMILES string of the molecule is CCCC(CSc1ccccc1)Nc1ccc(S(=O)(=O)Nc2ncnc3c2CCN(C2CCN(CC4=C(c5ccc(Cl)cc5)CC(C)(C)CC4)CC2)C3)cc1S(=O)(=O)C(C)(C)C. The molecule has 0 radical (unpaired) electrons. The van der Waals surface area contributed by atoms with Gasteiger partial charge in [0.25, 0.3) is 10.0 Å². The number of sulfonamides is 1. The van der Waals surface area contributed by atoms with Crippen LogP contribution in [0, 0.1) is 5.41 Å². The fourth-order valence-electron chi connectivity index (χ4n) is 8.96. The predicted octanol–water partition coefficient (Wildman–Crippen LogP) is 10.4. The average molecular weight is 920 g/mol. The molecular formula is C48H63ClN6O4S3. The molecule has 0 bridgehead atoms. The second-order valence-corrected chi connectivity index (χ2v) is 24.8. The molecule has 0 spiro atoms. The maximum atomic E-state index is 14.1. The fourth-order valence-corrected chi connectivity index (χ4v) is 12.6. The van der Waals surface area contributed by atoms with Crippen molar-refractivity contribution < 1.29 is 16.8 Å². The summed E-state index contributed by atoms with van der Waals surface area (Å²) in [5, 5.41) is 4.25. The van der Waals surface area contributed by atoms with Crippen LogP contribution >= 0.6 is 23.4 Å². The first-order chi connectivity index (χ1) is 29.4. The minimum absolute atomic E-state index is 0.0356. The summed E-state index contributed by atoms with van der Waals surface area (Å²) in [4.78, 5) is 15.1. The third-order valence-electron chi connectivity index (χ3n) is 12.7. The Morgan fingerprint density at radius 2 is 1.66 bits per heavy atom. The van der Waals surface area contributed by atoms with Crippen molar-refractivity contribution in [3.8, 4) is 0 Å². The quantitative estimate of drug-likeness (QED) is 0.111.